The molecule has 2 fully saturated rings. The highest BCUT2D eigenvalue weighted by molar-refractivity contribution is 7.21. The number of nitrogens with one attached hydrogen (secondary N) is 1. The number of morpholine rings is 2. The number of hydrogen-bond acceptors (Lipinski definition) is 8. The molecular formula is C26H30N4O6S. The standard InChI is InChI=1S/C26H30N4O6S/c1-26(2)14-17-16(15-36-26)19(18-4-3-9-35-18)20-21(28-25(32)30-7-12-34-13-8-30)22(37-23(20)27-17)24(31)29-5-10-33-11-6-29/h3-4,9H,5-8,10-15H2,1-2H3,(H,28,32). The number of fused-ring (bicyclic) bond motifs is 2. The zero-order chi connectivity index (χ0) is 25.6. The summed E-state index contributed by atoms with van der Waals surface area (Å²) in [5.74, 6) is 0.514. The summed E-state index contributed by atoms with van der Waals surface area (Å²) in [6.45, 7) is 8.38. The maximum absolute atomic E-state index is 13.8. The van der Waals surface area contributed by atoms with Crippen LogP contribution in [0.25, 0.3) is 21.5 Å². The molecule has 2 saturated heterocycles. The molecule has 0 aliphatic carbocycles. The fraction of sp³-hybridized carbons (Fsp3) is 0.500. The highest BCUT2D eigenvalue weighted by atomic mass is 32.1. The molecule has 0 atom stereocenters. The van der Waals surface area contributed by atoms with Crippen LogP contribution < -0.4 is 5.32 Å². The van der Waals surface area contributed by atoms with Crippen LogP contribution >= 0.6 is 11.3 Å². The molecule has 3 aliphatic rings. The molecule has 0 aromatic carbocycles. The number of thiophene rings is 1. The van der Waals surface area contributed by atoms with Gasteiger partial charge in [-0.25, -0.2) is 9.78 Å². The van der Waals surface area contributed by atoms with Crippen LogP contribution in [0.1, 0.15) is 34.8 Å². The number of rotatable bonds is 3. The number of hydrogen-bond donors (Lipinski definition) is 1. The van der Waals surface area contributed by atoms with E-state index in [0.717, 1.165) is 16.8 Å². The Morgan fingerprint density at radius 1 is 1.05 bits per heavy atom. The lowest BCUT2D eigenvalue weighted by Crippen LogP contribution is -2.43. The van der Waals surface area contributed by atoms with Gasteiger partial charge in [0.25, 0.3) is 5.91 Å². The first kappa shape index (κ1) is 24.4. The van der Waals surface area contributed by atoms with Crippen molar-refractivity contribution in [2.24, 2.45) is 0 Å². The Kier molecular flexibility index (Phi) is 6.39. The van der Waals surface area contributed by atoms with Crippen LogP contribution in [-0.4, -0.2) is 84.9 Å². The molecule has 0 spiro atoms. The summed E-state index contributed by atoms with van der Waals surface area (Å²) in [4.78, 5) is 36.8. The van der Waals surface area contributed by atoms with Crippen molar-refractivity contribution in [3.8, 4) is 11.3 Å². The number of pyridine rings is 1. The van der Waals surface area contributed by atoms with Gasteiger partial charge in [-0.2, -0.15) is 0 Å². The van der Waals surface area contributed by atoms with Gasteiger partial charge in [0.05, 0.1) is 56.3 Å². The second-order valence-electron chi connectivity index (χ2n) is 10.0. The van der Waals surface area contributed by atoms with Gasteiger partial charge in [-0.05, 0) is 26.0 Å². The van der Waals surface area contributed by atoms with Crippen molar-refractivity contribution in [3.63, 3.8) is 0 Å². The van der Waals surface area contributed by atoms with E-state index in [1.165, 1.54) is 11.3 Å². The van der Waals surface area contributed by atoms with Gasteiger partial charge in [-0.3, -0.25) is 4.79 Å². The van der Waals surface area contributed by atoms with Crippen molar-refractivity contribution in [1.82, 2.24) is 14.8 Å². The Morgan fingerprint density at radius 3 is 2.43 bits per heavy atom. The maximum atomic E-state index is 13.8. The van der Waals surface area contributed by atoms with E-state index >= 15 is 0 Å². The monoisotopic (exact) mass is 526 g/mol. The topological polar surface area (TPSA) is 106 Å². The Hall–Kier alpha value is -2.99. The lowest BCUT2D eigenvalue weighted by atomic mass is 9.91. The number of carbonyl (C=O) groups excluding carboxylic acids is 2. The van der Waals surface area contributed by atoms with Gasteiger partial charge in [0.1, 0.15) is 15.5 Å². The molecule has 0 saturated carbocycles. The Balaban J connectivity index is 1.54. The fourth-order valence-corrected chi connectivity index (χ4v) is 6.19. The molecular weight excluding hydrogens is 496 g/mol. The lowest BCUT2D eigenvalue weighted by molar-refractivity contribution is -0.0409. The molecule has 37 heavy (non-hydrogen) atoms. The molecule has 196 valence electrons. The molecule has 3 amide bonds. The molecule has 3 aromatic rings. The largest absolute Gasteiger partial charge is 0.464 e. The first-order valence-corrected chi connectivity index (χ1v) is 13.4. The molecule has 0 unspecified atom stereocenters. The summed E-state index contributed by atoms with van der Waals surface area (Å²) in [5.41, 5.74) is 2.78. The smallest absolute Gasteiger partial charge is 0.322 e. The van der Waals surface area contributed by atoms with Crippen LogP contribution in [0.4, 0.5) is 10.5 Å². The van der Waals surface area contributed by atoms with E-state index < -0.39 is 0 Å². The molecule has 10 nitrogen and oxygen atoms in total. The maximum Gasteiger partial charge on any atom is 0.322 e. The van der Waals surface area contributed by atoms with Crippen molar-refractivity contribution in [3.05, 3.63) is 34.5 Å². The summed E-state index contributed by atoms with van der Waals surface area (Å²) in [7, 11) is 0. The van der Waals surface area contributed by atoms with Crippen molar-refractivity contribution >= 4 is 39.2 Å². The van der Waals surface area contributed by atoms with Crippen molar-refractivity contribution in [2.75, 3.05) is 57.9 Å². The van der Waals surface area contributed by atoms with E-state index in [4.69, 9.17) is 23.6 Å². The number of ether oxygens (including phenoxy) is 3. The first-order valence-electron chi connectivity index (χ1n) is 12.6. The highest BCUT2D eigenvalue weighted by Crippen LogP contribution is 2.46. The fourth-order valence-electron chi connectivity index (χ4n) is 5.06. The Labute approximate surface area is 218 Å². The van der Waals surface area contributed by atoms with E-state index in [2.05, 4.69) is 5.32 Å². The molecule has 6 heterocycles. The second kappa shape index (κ2) is 9.71. The number of carbonyl (C=O) groups is 2. The van der Waals surface area contributed by atoms with E-state index in [0.29, 0.717) is 92.2 Å². The van der Waals surface area contributed by atoms with Crippen molar-refractivity contribution in [1.29, 1.82) is 0 Å². The number of nitrogens with zero attached hydrogens (tertiary/aromatic N) is 3. The van der Waals surface area contributed by atoms with Gasteiger partial charge in [0.2, 0.25) is 0 Å². The summed E-state index contributed by atoms with van der Waals surface area (Å²) < 4.78 is 22.9. The number of amides is 3. The van der Waals surface area contributed by atoms with E-state index in [1.54, 1.807) is 16.1 Å². The minimum absolute atomic E-state index is 0.136. The molecule has 1 N–H and O–H groups in total. The summed E-state index contributed by atoms with van der Waals surface area (Å²) in [6.07, 6.45) is 2.26. The third kappa shape index (κ3) is 4.61. The van der Waals surface area contributed by atoms with Gasteiger partial charge < -0.3 is 33.7 Å². The Bertz CT molecular complexity index is 1320. The van der Waals surface area contributed by atoms with Crippen molar-refractivity contribution < 1.29 is 28.2 Å². The molecule has 11 heteroatoms. The average molecular weight is 527 g/mol. The lowest BCUT2D eigenvalue weighted by Gasteiger charge is -2.32. The average Bonchev–Trinajstić information content (AvgIpc) is 3.56. The van der Waals surface area contributed by atoms with Crippen molar-refractivity contribution in [2.45, 2.75) is 32.5 Å². The minimum atomic E-state index is -0.356. The molecule has 0 radical (unpaired) electrons. The van der Waals surface area contributed by atoms with Gasteiger partial charge in [0, 0.05) is 49.1 Å². The molecule has 6 rings (SSSR count). The quantitative estimate of drug-likeness (QED) is 0.554. The normalized spacial score (nSPS) is 19.6. The SMILES string of the molecule is CC1(C)Cc2nc3sc(C(=O)N4CCOCC4)c(NC(=O)N4CCOCC4)c3c(-c3ccco3)c2CO1. The molecule has 3 aliphatic heterocycles. The second-order valence-corrected chi connectivity index (χ2v) is 11.0. The zero-order valence-corrected chi connectivity index (χ0v) is 21.8. The highest BCUT2D eigenvalue weighted by Gasteiger charge is 2.35. The zero-order valence-electron chi connectivity index (χ0n) is 21.0. The molecule has 3 aromatic heterocycles. The van der Waals surface area contributed by atoms with Crippen LogP contribution in [0.15, 0.2) is 22.8 Å². The number of urea groups is 1. The number of aromatic nitrogens is 1. The first-order chi connectivity index (χ1) is 17.9. The summed E-state index contributed by atoms with van der Waals surface area (Å²) in [6, 6.07) is 3.46. The third-order valence-corrected chi connectivity index (χ3v) is 8.09. The van der Waals surface area contributed by atoms with Crippen LogP contribution in [0.3, 0.4) is 0 Å². The van der Waals surface area contributed by atoms with E-state index in [-0.39, 0.29) is 17.5 Å². The van der Waals surface area contributed by atoms with Crippen LogP contribution in [0.5, 0.6) is 0 Å². The van der Waals surface area contributed by atoms with Gasteiger partial charge in [-0.1, -0.05) is 0 Å². The summed E-state index contributed by atoms with van der Waals surface area (Å²) in [5, 5.41) is 3.80. The number of furan rings is 1. The van der Waals surface area contributed by atoms with Gasteiger partial charge in [-0.15, -0.1) is 11.3 Å². The van der Waals surface area contributed by atoms with E-state index in [1.807, 2.05) is 26.0 Å². The predicted molar refractivity (Wildman–Crippen MR) is 138 cm³/mol. The minimum Gasteiger partial charge on any atom is -0.464 e. The Morgan fingerprint density at radius 2 is 1.76 bits per heavy atom. The van der Waals surface area contributed by atoms with Gasteiger partial charge in [0.15, 0.2) is 0 Å². The predicted octanol–water partition coefficient (Wildman–Crippen LogP) is 3.74. The number of anilines is 1. The van der Waals surface area contributed by atoms with Gasteiger partial charge >= 0.3 is 6.03 Å². The van der Waals surface area contributed by atoms with E-state index in [9.17, 15) is 9.59 Å². The van der Waals surface area contributed by atoms with Crippen LogP contribution in [0.2, 0.25) is 0 Å². The summed E-state index contributed by atoms with van der Waals surface area (Å²) >= 11 is 1.32. The third-order valence-electron chi connectivity index (χ3n) is 7.02. The van der Waals surface area contributed by atoms with Crippen LogP contribution in [0, 0.1) is 0 Å². The molecule has 0 bridgehead atoms. The van der Waals surface area contributed by atoms with Crippen LogP contribution in [-0.2, 0) is 27.2 Å².